The molecule has 0 unspecified atom stereocenters. The highest BCUT2D eigenvalue weighted by atomic mass is 16.2. The summed E-state index contributed by atoms with van der Waals surface area (Å²) in [5.74, 6) is 0.0811. The molecule has 1 aliphatic heterocycles. The van der Waals surface area contributed by atoms with Crippen molar-refractivity contribution in [2.24, 2.45) is 0 Å². The van der Waals surface area contributed by atoms with Gasteiger partial charge < -0.3 is 9.80 Å². The Bertz CT molecular complexity index is 976. The van der Waals surface area contributed by atoms with Crippen molar-refractivity contribution in [3.05, 3.63) is 72.1 Å². The number of carbonyl (C=O) groups excluding carboxylic acids is 1. The van der Waals surface area contributed by atoms with Gasteiger partial charge in [-0.25, -0.2) is 4.98 Å². The first-order chi connectivity index (χ1) is 13.6. The first-order valence-electron chi connectivity index (χ1n) is 9.57. The Hall–Kier alpha value is -3.05. The number of aryl methyl sites for hydroxylation is 1. The van der Waals surface area contributed by atoms with Gasteiger partial charge >= 0.3 is 0 Å². The van der Waals surface area contributed by atoms with E-state index in [1.165, 1.54) is 5.56 Å². The molecule has 2 heterocycles. The maximum Gasteiger partial charge on any atom is 0.253 e. The van der Waals surface area contributed by atoms with E-state index < -0.39 is 0 Å². The topological polar surface area (TPSA) is 49.3 Å². The Kier molecular flexibility index (Phi) is 5.17. The van der Waals surface area contributed by atoms with Crippen LogP contribution in [0.2, 0.25) is 0 Å². The van der Waals surface area contributed by atoms with Crippen molar-refractivity contribution < 1.29 is 4.79 Å². The second-order valence-electron chi connectivity index (χ2n) is 7.33. The number of hydrogen-bond acceptors (Lipinski definition) is 4. The van der Waals surface area contributed by atoms with Gasteiger partial charge in [0, 0.05) is 42.9 Å². The quantitative estimate of drug-likeness (QED) is 0.706. The third kappa shape index (κ3) is 3.94. The minimum atomic E-state index is 0.0811. The predicted octanol–water partition coefficient (Wildman–Crippen LogP) is 3.51. The molecule has 1 amide bonds. The van der Waals surface area contributed by atoms with Crippen LogP contribution in [0, 0.1) is 6.92 Å². The SMILES string of the molecule is Cc1ccc(-c2cncc(-c3cccc(C(=O)N4CCN(C)CC4)c3)n2)cc1. The van der Waals surface area contributed by atoms with E-state index in [9.17, 15) is 4.79 Å². The monoisotopic (exact) mass is 372 g/mol. The molecule has 0 atom stereocenters. The molecule has 1 aromatic heterocycles. The highest BCUT2D eigenvalue weighted by Crippen LogP contribution is 2.23. The van der Waals surface area contributed by atoms with Gasteiger partial charge in [0.1, 0.15) is 0 Å². The van der Waals surface area contributed by atoms with Crippen LogP contribution in [-0.2, 0) is 0 Å². The van der Waals surface area contributed by atoms with Crippen molar-refractivity contribution in [2.45, 2.75) is 6.92 Å². The van der Waals surface area contributed by atoms with Gasteiger partial charge in [0.15, 0.2) is 0 Å². The molecule has 1 fully saturated rings. The zero-order valence-corrected chi connectivity index (χ0v) is 16.3. The molecule has 4 rings (SSSR count). The number of piperazine rings is 1. The molecule has 5 heteroatoms. The molecule has 0 saturated carbocycles. The average molecular weight is 372 g/mol. The van der Waals surface area contributed by atoms with Gasteiger partial charge in [0.05, 0.1) is 23.8 Å². The van der Waals surface area contributed by atoms with Crippen LogP contribution < -0.4 is 0 Å². The zero-order chi connectivity index (χ0) is 19.5. The van der Waals surface area contributed by atoms with Crippen LogP contribution in [0.1, 0.15) is 15.9 Å². The standard InChI is InChI=1S/C23H24N4O/c1-17-6-8-18(9-7-17)21-15-24-16-22(25-21)19-4-3-5-20(14-19)23(28)27-12-10-26(2)11-13-27/h3-9,14-16H,10-13H2,1-2H3. The van der Waals surface area contributed by atoms with Crippen molar-refractivity contribution in [1.82, 2.24) is 19.8 Å². The van der Waals surface area contributed by atoms with Crippen LogP contribution in [0.25, 0.3) is 22.5 Å². The van der Waals surface area contributed by atoms with Crippen LogP contribution in [0.15, 0.2) is 60.9 Å². The predicted molar refractivity (Wildman–Crippen MR) is 111 cm³/mol. The first-order valence-corrected chi connectivity index (χ1v) is 9.57. The van der Waals surface area contributed by atoms with E-state index in [2.05, 4.69) is 48.1 Å². The molecule has 0 bridgehead atoms. The van der Waals surface area contributed by atoms with Gasteiger partial charge in [-0.2, -0.15) is 0 Å². The number of aromatic nitrogens is 2. The van der Waals surface area contributed by atoms with Crippen LogP contribution in [-0.4, -0.2) is 58.9 Å². The number of amides is 1. The van der Waals surface area contributed by atoms with Crippen LogP contribution in [0.4, 0.5) is 0 Å². The molecule has 5 nitrogen and oxygen atoms in total. The van der Waals surface area contributed by atoms with E-state index in [0.717, 1.165) is 48.7 Å². The number of benzene rings is 2. The van der Waals surface area contributed by atoms with E-state index in [1.807, 2.05) is 29.2 Å². The number of likely N-dealkylation sites (N-methyl/N-ethyl adjacent to an activating group) is 1. The maximum absolute atomic E-state index is 12.9. The van der Waals surface area contributed by atoms with Gasteiger partial charge in [-0.05, 0) is 26.1 Å². The summed E-state index contributed by atoms with van der Waals surface area (Å²) in [7, 11) is 2.09. The normalized spacial score (nSPS) is 14.9. The minimum absolute atomic E-state index is 0.0811. The van der Waals surface area contributed by atoms with Gasteiger partial charge in [-0.1, -0.05) is 42.0 Å². The molecule has 142 valence electrons. The fourth-order valence-corrected chi connectivity index (χ4v) is 3.37. The summed E-state index contributed by atoms with van der Waals surface area (Å²) in [6, 6.07) is 15.9. The third-order valence-corrected chi connectivity index (χ3v) is 5.18. The number of carbonyl (C=O) groups is 1. The van der Waals surface area contributed by atoms with Gasteiger partial charge in [-0.15, -0.1) is 0 Å². The lowest BCUT2D eigenvalue weighted by atomic mass is 10.1. The fraction of sp³-hybridized carbons (Fsp3) is 0.261. The Morgan fingerprint density at radius 3 is 2.29 bits per heavy atom. The molecule has 2 aromatic carbocycles. The Morgan fingerprint density at radius 1 is 0.893 bits per heavy atom. The highest BCUT2D eigenvalue weighted by Gasteiger charge is 2.20. The molecule has 0 N–H and O–H groups in total. The van der Waals surface area contributed by atoms with Crippen molar-refractivity contribution in [1.29, 1.82) is 0 Å². The summed E-state index contributed by atoms with van der Waals surface area (Å²) >= 11 is 0. The highest BCUT2D eigenvalue weighted by molar-refractivity contribution is 5.95. The lowest BCUT2D eigenvalue weighted by molar-refractivity contribution is 0.0664. The molecular formula is C23H24N4O. The van der Waals surface area contributed by atoms with Crippen LogP contribution >= 0.6 is 0 Å². The Morgan fingerprint density at radius 2 is 1.57 bits per heavy atom. The van der Waals surface area contributed by atoms with E-state index in [4.69, 9.17) is 4.98 Å². The minimum Gasteiger partial charge on any atom is -0.336 e. The maximum atomic E-state index is 12.9. The number of nitrogens with zero attached hydrogens (tertiary/aromatic N) is 4. The van der Waals surface area contributed by atoms with E-state index in [-0.39, 0.29) is 5.91 Å². The molecule has 3 aromatic rings. The smallest absolute Gasteiger partial charge is 0.253 e. The van der Waals surface area contributed by atoms with Gasteiger partial charge in [0.2, 0.25) is 0 Å². The summed E-state index contributed by atoms with van der Waals surface area (Å²) in [6.45, 7) is 5.42. The average Bonchev–Trinajstić information content (AvgIpc) is 2.74. The number of hydrogen-bond donors (Lipinski definition) is 0. The Balaban J connectivity index is 1.60. The second-order valence-corrected chi connectivity index (χ2v) is 7.33. The molecule has 0 radical (unpaired) electrons. The molecule has 0 spiro atoms. The molecule has 28 heavy (non-hydrogen) atoms. The summed E-state index contributed by atoms with van der Waals surface area (Å²) in [4.78, 5) is 26.2. The molecule has 0 aliphatic carbocycles. The van der Waals surface area contributed by atoms with E-state index in [0.29, 0.717) is 5.56 Å². The van der Waals surface area contributed by atoms with Gasteiger partial charge in [0.25, 0.3) is 5.91 Å². The summed E-state index contributed by atoms with van der Waals surface area (Å²) in [6.07, 6.45) is 3.52. The molecule has 1 aliphatic rings. The largest absolute Gasteiger partial charge is 0.336 e. The van der Waals surface area contributed by atoms with E-state index >= 15 is 0 Å². The fourth-order valence-electron chi connectivity index (χ4n) is 3.37. The third-order valence-electron chi connectivity index (χ3n) is 5.18. The summed E-state index contributed by atoms with van der Waals surface area (Å²) < 4.78 is 0. The summed E-state index contributed by atoms with van der Waals surface area (Å²) in [5.41, 5.74) is 5.44. The molecular weight excluding hydrogens is 348 g/mol. The molecule has 1 saturated heterocycles. The summed E-state index contributed by atoms with van der Waals surface area (Å²) in [5, 5.41) is 0. The Labute approximate surface area is 165 Å². The lowest BCUT2D eigenvalue weighted by Gasteiger charge is -2.32. The van der Waals surface area contributed by atoms with Crippen molar-refractivity contribution in [2.75, 3.05) is 33.2 Å². The van der Waals surface area contributed by atoms with Crippen LogP contribution in [0.5, 0.6) is 0 Å². The zero-order valence-electron chi connectivity index (χ0n) is 16.3. The van der Waals surface area contributed by atoms with Crippen molar-refractivity contribution >= 4 is 5.91 Å². The lowest BCUT2D eigenvalue weighted by Crippen LogP contribution is -2.47. The van der Waals surface area contributed by atoms with E-state index in [1.54, 1.807) is 12.4 Å². The van der Waals surface area contributed by atoms with Crippen LogP contribution in [0.3, 0.4) is 0 Å². The first kappa shape index (κ1) is 18.3. The number of rotatable bonds is 3. The van der Waals surface area contributed by atoms with Crippen molar-refractivity contribution in [3.8, 4) is 22.5 Å². The van der Waals surface area contributed by atoms with Crippen molar-refractivity contribution in [3.63, 3.8) is 0 Å². The second kappa shape index (κ2) is 7.90. The van der Waals surface area contributed by atoms with Gasteiger partial charge in [-0.3, -0.25) is 9.78 Å².